The third kappa shape index (κ3) is 5.11. The Labute approximate surface area is 199 Å². The van der Waals surface area contributed by atoms with Crippen molar-refractivity contribution in [3.63, 3.8) is 0 Å². The molecule has 0 radical (unpaired) electrons. The molecule has 0 amide bonds. The zero-order chi connectivity index (χ0) is 22.0. The van der Waals surface area contributed by atoms with Gasteiger partial charge in [0.25, 0.3) is 0 Å². The third-order valence-corrected chi connectivity index (χ3v) is 6.82. The number of halogens is 2. The molecule has 3 aromatic rings. The van der Waals surface area contributed by atoms with Gasteiger partial charge in [-0.05, 0) is 46.6 Å². The smallest absolute Gasteiger partial charge is 0.0675 e. The van der Waals surface area contributed by atoms with Gasteiger partial charge in [0.2, 0.25) is 6.71 Å². The van der Waals surface area contributed by atoms with Crippen LogP contribution in [0.3, 0.4) is 0 Å². The molecule has 0 aliphatic rings. The monoisotopic (exact) mass is 524 g/mol. The quantitative estimate of drug-likeness (QED) is 0.301. The Hall–Kier alpha value is -1.32. The lowest BCUT2D eigenvalue weighted by molar-refractivity contribution is 0.812. The standard InChI is InChI=1S/C27H31BBr2/c1-17(2)20-13-25(18(3)4)27(26(14-20)19(5)6)28(21-9-7-11-23(29)15-21)22-10-8-12-24(30)16-22/h7-19H,1-6H3. The summed E-state index contributed by atoms with van der Waals surface area (Å²) < 4.78 is 2.24. The van der Waals surface area contributed by atoms with Crippen LogP contribution in [0.4, 0.5) is 0 Å². The Morgan fingerprint density at radius 1 is 0.600 bits per heavy atom. The van der Waals surface area contributed by atoms with Crippen molar-refractivity contribution in [2.75, 3.05) is 0 Å². The molecule has 0 heterocycles. The lowest BCUT2D eigenvalue weighted by Gasteiger charge is -2.28. The molecule has 0 saturated heterocycles. The van der Waals surface area contributed by atoms with Crippen molar-refractivity contribution in [1.82, 2.24) is 0 Å². The van der Waals surface area contributed by atoms with E-state index in [2.05, 4.69) is 134 Å². The van der Waals surface area contributed by atoms with Crippen molar-refractivity contribution in [2.45, 2.75) is 59.3 Å². The first-order valence-electron chi connectivity index (χ1n) is 10.9. The number of hydrogen-bond acceptors (Lipinski definition) is 0. The number of hydrogen-bond donors (Lipinski definition) is 0. The van der Waals surface area contributed by atoms with Gasteiger partial charge < -0.3 is 0 Å². The molecule has 0 nitrogen and oxygen atoms in total. The second kappa shape index (κ2) is 9.87. The molecule has 3 aromatic carbocycles. The van der Waals surface area contributed by atoms with E-state index in [-0.39, 0.29) is 6.71 Å². The molecule has 0 aliphatic carbocycles. The lowest BCUT2D eigenvalue weighted by atomic mass is 9.34. The van der Waals surface area contributed by atoms with E-state index in [1.165, 1.54) is 33.1 Å². The average Bonchev–Trinajstić information content (AvgIpc) is 2.67. The zero-order valence-electron chi connectivity index (χ0n) is 18.8. The van der Waals surface area contributed by atoms with E-state index >= 15 is 0 Å². The lowest BCUT2D eigenvalue weighted by Crippen LogP contribution is -2.55. The highest BCUT2D eigenvalue weighted by atomic mass is 79.9. The summed E-state index contributed by atoms with van der Waals surface area (Å²) in [5.74, 6) is 1.43. The molecule has 156 valence electrons. The van der Waals surface area contributed by atoms with E-state index in [9.17, 15) is 0 Å². The summed E-state index contributed by atoms with van der Waals surface area (Å²) in [5, 5.41) is 0. The number of rotatable bonds is 6. The molecule has 0 atom stereocenters. The van der Waals surface area contributed by atoms with Crippen molar-refractivity contribution in [2.24, 2.45) is 0 Å². The summed E-state index contributed by atoms with van der Waals surface area (Å²) in [4.78, 5) is 0. The third-order valence-electron chi connectivity index (χ3n) is 5.83. The number of benzene rings is 3. The highest BCUT2D eigenvalue weighted by molar-refractivity contribution is 9.10. The fraction of sp³-hybridized carbons (Fsp3) is 0.333. The minimum absolute atomic E-state index is 0.191. The molecule has 0 saturated carbocycles. The first-order valence-corrected chi connectivity index (χ1v) is 12.5. The van der Waals surface area contributed by atoms with Gasteiger partial charge in [-0.25, -0.2) is 0 Å². The highest BCUT2D eigenvalue weighted by Gasteiger charge is 2.29. The minimum Gasteiger partial charge on any atom is -0.0675 e. The first kappa shape index (κ1) is 23.4. The highest BCUT2D eigenvalue weighted by Crippen LogP contribution is 2.27. The molecular weight excluding hydrogens is 495 g/mol. The van der Waals surface area contributed by atoms with Gasteiger partial charge in [-0.15, -0.1) is 0 Å². The Balaban J connectivity index is 2.40. The van der Waals surface area contributed by atoms with Crippen molar-refractivity contribution < 1.29 is 0 Å². The fourth-order valence-corrected chi connectivity index (χ4v) is 5.08. The Bertz CT molecular complexity index is 946. The summed E-state index contributed by atoms with van der Waals surface area (Å²) >= 11 is 7.41. The molecule has 0 bridgehead atoms. The average molecular weight is 526 g/mol. The summed E-state index contributed by atoms with van der Waals surface area (Å²) in [5.41, 5.74) is 8.49. The molecular formula is C27H31BBr2. The van der Waals surface area contributed by atoms with Gasteiger partial charge in [-0.2, -0.15) is 0 Å². The van der Waals surface area contributed by atoms with Crippen molar-refractivity contribution in [1.29, 1.82) is 0 Å². The van der Waals surface area contributed by atoms with E-state index in [4.69, 9.17) is 0 Å². The second-order valence-corrected chi connectivity index (χ2v) is 11.0. The molecule has 0 N–H and O–H groups in total. The van der Waals surface area contributed by atoms with Crippen LogP contribution in [-0.2, 0) is 0 Å². The largest absolute Gasteiger partial charge is 0.242 e. The molecule has 0 aromatic heterocycles. The SMILES string of the molecule is CC(C)c1cc(C(C)C)c(B(c2cccc(Br)c2)c2cccc(Br)c2)c(C(C)C)c1. The zero-order valence-corrected chi connectivity index (χ0v) is 22.0. The topological polar surface area (TPSA) is 0 Å². The van der Waals surface area contributed by atoms with E-state index < -0.39 is 0 Å². The van der Waals surface area contributed by atoms with Crippen LogP contribution in [0.1, 0.15) is 76.0 Å². The molecule has 0 spiro atoms. The van der Waals surface area contributed by atoms with E-state index in [0.29, 0.717) is 17.8 Å². The van der Waals surface area contributed by atoms with E-state index in [1.807, 2.05) is 0 Å². The van der Waals surface area contributed by atoms with Crippen LogP contribution >= 0.6 is 31.9 Å². The summed E-state index contributed by atoms with van der Waals surface area (Å²) in [7, 11) is 0. The van der Waals surface area contributed by atoms with Crippen molar-refractivity contribution >= 4 is 55.0 Å². The van der Waals surface area contributed by atoms with Crippen molar-refractivity contribution in [3.05, 3.63) is 86.3 Å². The van der Waals surface area contributed by atoms with Gasteiger partial charge in [-0.3, -0.25) is 0 Å². The van der Waals surface area contributed by atoms with Crippen LogP contribution in [0.15, 0.2) is 69.6 Å². The summed E-state index contributed by atoms with van der Waals surface area (Å²) in [6.45, 7) is 14.1. The Morgan fingerprint density at radius 3 is 1.37 bits per heavy atom. The predicted molar refractivity (Wildman–Crippen MR) is 142 cm³/mol. The minimum atomic E-state index is 0.191. The van der Waals surface area contributed by atoms with Gasteiger partial charge >= 0.3 is 0 Å². The van der Waals surface area contributed by atoms with Crippen LogP contribution in [0, 0.1) is 0 Å². The predicted octanol–water partition coefficient (Wildman–Crippen LogP) is 7.10. The Morgan fingerprint density at radius 2 is 1.03 bits per heavy atom. The molecule has 0 aliphatic heterocycles. The molecule has 3 heteroatoms. The van der Waals surface area contributed by atoms with Crippen LogP contribution in [0.5, 0.6) is 0 Å². The van der Waals surface area contributed by atoms with Crippen LogP contribution in [0.25, 0.3) is 0 Å². The Kier molecular flexibility index (Phi) is 7.68. The molecule has 0 fully saturated rings. The van der Waals surface area contributed by atoms with E-state index in [0.717, 1.165) is 8.95 Å². The maximum Gasteiger partial charge on any atom is 0.242 e. The van der Waals surface area contributed by atoms with Gasteiger partial charge in [0.05, 0.1) is 0 Å². The van der Waals surface area contributed by atoms with Crippen LogP contribution in [-0.4, -0.2) is 6.71 Å². The maximum absolute atomic E-state index is 3.71. The second-order valence-electron chi connectivity index (χ2n) is 9.12. The van der Waals surface area contributed by atoms with Gasteiger partial charge in [0.1, 0.15) is 0 Å². The van der Waals surface area contributed by atoms with Gasteiger partial charge in [0, 0.05) is 8.95 Å². The van der Waals surface area contributed by atoms with Crippen molar-refractivity contribution in [3.8, 4) is 0 Å². The molecule has 30 heavy (non-hydrogen) atoms. The van der Waals surface area contributed by atoms with Crippen LogP contribution in [0.2, 0.25) is 0 Å². The fourth-order valence-electron chi connectivity index (χ4n) is 4.24. The summed E-state index contributed by atoms with van der Waals surface area (Å²) in [6, 6.07) is 22.5. The van der Waals surface area contributed by atoms with E-state index in [1.54, 1.807) is 0 Å². The molecule has 0 unspecified atom stereocenters. The van der Waals surface area contributed by atoms with Gasteiger partial charge in [0.15, 0.2) is 0 Å². The van der Waals surface area contributed by atoms with Crippen LogP contribution < -0.4 is 16.4 Å². The summed E-state index contributed by atoms with van der Waals surface area (Å²) in [6.07, 6.45) is 0. The first-order chi connectivity index (χ1) is 14.2. The normalized spacial score (nSPS) is 11.6. The van der Waals surface area contributed by atoms with Gasteiger partial charge in [-0.1, -0.05) is 138 Å². The maximum atomic E-state index is 3.71. The molecule has 3 rings (SSSR count).